The van der Waals surface area contributed by atoms with Crippen molar-refractivity contribution < 1.29 is 13.2 Å². The van der Waals surface area contributed by atoms with Gasteiger partial charge in [-0.05, 0) is 74.7 Å². The van der Waals surface area contributed by atoms with Crippen molar-refractivity contribution in [1.82, 2.24) is 9.99 Å². The number of aromatic nitrogens is 1. The number of sulfonamides is 1. The van der Waals surface area contributed by atoms with E-state index in [1.165, 1.54) is 12.1 Å². The number of hydrazone groups is 1. The Hall–Kier alpha value is -4.17. The summed E-state index contributed by atoms with van der Waals surface area (Å²) in [6.45, 7) is 7.69. The van der Waals surface area contributed by atoms with Gasteiger partial charge in [0.05, 0.1) is 16.8 Å². The van der Waals surface area contributed by atoms with Gasteiger partial charge < -0.3 is 4.57 Å². The van der Waals surface area contributed by atoms with Crippen LogP contribution in [0.3, 0.4) is 0 Å². The first-order valence-corrected chi connectivity index (χ1v) is 13.9. The molecule has 38 heavy (non-hydrogen) atoms. The molecule has 0 fully saturated rings. The van der Waals surface area contributed by atoms with E-state index in [9.17, 15) is 13.2 Å². The molecule has 0 spiro atoms. The number of amides is 1. The Labute approximate surface area is 224 Å². The van der Waals surface area contributed by atoms with Crippen molar-refractivity contribution in [1.29, 1.82) is 0 Å². The van der Waals surface area contributed by atoms with Crippen LogP contribution in [-0.2, 0) is 21.2 Å². The van der Waals surface area contributed by atoms with E-state index in [4.69, 9.17) is 0 Å². The Morgan fingerprint density at radius 3 is 2.26 bits per heavy atom. The number of carbonyl (C=O) groups is 1. The van der Waals surface area contributed by atoms with E-state index in [2.05, 4.69) is 34.2 Å². The van der Waals surface area contributed by atoms with Gasteiger partial charge in [-0.25, -0.2) is 13.8 Å². The lowest BCUT2D eigenvalue weighted by molar-refractivity contribution is -0.119. The maximum absolute atomic E-state index is 13.5. The first-order valence-electron chi connectivity index (χ1n) is 12.5. The van der Waals surface area contributed by atoms with E-state index < -0.39 is 22.5 Å². The molecule has 1 aromatic heterocycles. The predicted octanol–water partition coefficient (Wildman–Crippen LogP) is 5.31. The van der Waals surface area contributed by atoms with Crippen LogP contribution in [0.5, 0.6) is 0 Å². The zero-order valence-corrected chi connectivity index (χ0v) is 22.9. The van der Waals surface area contributed by atoms with Crippen molar-refractivity contribution in [3.05, 3.63) is 113 Å². The number of hydrogen-bond acceptors (Lipinski definition) is 4. The zero-order chi connectivity index (χ0) is 27.3. The Morgan fingerprint density at radius 2 is 1.61 bits per heavy atom. The maximum atomic E-state index is 13.5. The molecule has 1 N–H and O–H groups in total. The molecule has 8 heteroatoms. The Kier molecular flexibility index (Phi) is 8.12. The highest BCUT2D eigenvalue weighted by Crippen LogP contribution is 2.25. The van der Waals surface area contributed by atoms with Crippen LogP contribution >= 0.6 is 0 Å². The van der Waals surface area contributed by atoms with E-state index >= 15 is 0 Å². The molecule has 7 nitrogen and oxygen atoms in total. The lowest BCUT2D eigenvalue weighted by atomic mass is 10.1. The van der Waals surface area contributed by atoms with Gasteiger partial charge in [-0.3, -0.25) is 9.10 Å². The van der Waals surface area contributed by atoms with Crippen molar-refractivity contribution in [2.75, 3.05) is 10.8 Å². The van der Waals surface area contributed by atoms with Crippen LogP contribution < -0.4 is 9.73 Å². The van der Waals surface area contributed by atoms with E-state index in [1.807, 2.05) is 51.1 Å². The first-order chi connectivity index (χ1) is 18.2. The van der Waals surface area contributed by atoms with Gasteiger partial charge in [0.25, 0.3) is 15.9 Å². The smallest absolute Gasteiger partial charge is 0.264 e. The Balaban J connectivity index is 1.55. The fourth-order valence-electron chi connectivity index (χ4n) is 4.38. The van der Waals surface area contributed by atoms with Crippen LogP contribution in [0.4, 0.5) is 5.69 Å². The predicted molar refractivity (Wildman–Crippen MR) is 153 cm³/mol. The van der Waals surface area contributed by atoms with Crippen molar-refractivity contribution >= 4 is 27.8 Å². The van der Waals surface area contributed by atoms with Gasteiger partial charge in [0, 0.05) is 22.6 Å². The second kappa shape index (κ2) is 11.5. The van der Waals surface area contributed by atoms with E-state index in [-0.39, 0.29) is 4.90 Å². The highest BCUT2D eigenvalue weighted by Gasteiger charge is 2.27. The van der Waals surface area contributed by atoms with Crippen LogP contribution in [0, 0.1) is 20.8 Å². The Bertz CT molecular complexity index is 1560. The number of hydrogen-bond donors (Lipinski definition) is 1. The molecule has 0 atom stereocenters. The van der Waals surface area contributed by atoms with Crippen LogP contribution in [0.2, 0.25) is 0 Å². The van der Waals surface area contributed by atoms with Crippen LogP contribution in [0.15, 0.2) is 94.9 Å². The number of rotatable bonds is 9. The minimum Gasteiger partial charge on any atom is -0.318 e. The van der Waals surface area contributed by atoms with Crippen LogP contribution in [0.1, 0.15) is 35.0 Å². The maximum Gasteiger partial charge on any atom is 0.264 e. The summed E-state index contributed by atoms with van der Waals surface area (Å²) in [5.74, 6) is -0.548. The summed E-state index contributed by atoms with van der Waals surface area (Å²) in [5.41, 5.74) is 9.10. The Morgan fingerprint density at radius 1 is 0.947 bits per heavy atom. The molecule has 1 amide bonds. The quantitative estimate of drug-likeness (QED) is 0.236. The summed E-state index contributed by atoms with van der Waals surface area (Å²) >= 11 is 0. The molecule has 0 unspecified atom stereocenters. The molecule has 4 aromatic rings. The summed E-state index contributed by atoms with van der Waals surface area (Å²) < 4.78 is 30.2. The van der Waals surface area contributed by atoms with Crippen molar-refractivity contribution in [2.45, 2.75) is 39.0 Å². The van der Waals surface area contributed by atoms with Gasteiger partial charge in [0.15, 0.2) is 0 Å². The molecule has 0 bridgehead atoms. The van der Waals surface area contributed by atoms with Gasteiger partial charge in [0.2, 0.25) is 0 Å². The highest BCUT2D eigenvalue weighted by atomic mass is 32.2. The third-order valence-electron chi connectivity index (χ3n) is 6.47. The summed E-state index contributed by atoms with van der Waals surface area (Å²) in [5, 5.41) is 4.14. The van der Waals surface area contributed by atoms with Crippen LogP contribution in [-0.4, -0.2) is 31.7 Å². The number of benzene rings is 3. The topological polar surface area (TPSA) is 83.8 Å². The molecular weight excluding hydrogens is 496 g/mol. The van der Waals surface area contributed by atoms with Crippen LogP contribution in [0.25, 0.3) is 5.69 Å². The molecule has 0 saturated carbocycles. The van der Waals surface area contributed by atoms with Gasteiger partial charge in [0.1, 0.15) is 6.54 Å². The minimum atomic E-state index is -3.97. The molecule has 0 aliphatic rings. The number of carbonyl (C=O) groups excluding carboxylic acids is 1. The lowest BCUT2D eigenvalue weighted by Crippen LogP contribution is -2.39. The molecule has 196 valence electrons. The summed E-state index contributed by atoms with van der Waals surface area (Å²) in [4.78, 5) is 13.0. The normalized spacial score (nSPS) is 11.6. The zero-order valence-electron chi connectivity index (χ0n) is 22.0. The summed E-state index contributed by atoms with van der Waals surface area (Å²) in [6, 6.07) is 25.4. The van der Waals surface area contributed by atoms with Gasteiger partial charge in [-0.15, -0.1) is 0 Å². The monoisotopic (exact) mass is 528 g/mol. The number of para-hydroxylation sites is 1. The molecule has 0 saturated heterocycles. The van der Waals surface area contributed by atoms with E-state index in [0.29, 0.717) is 5.69 Å². The molecule has 3 aromatic carbocycles. The number of anilines is 1. The molecule has 0 aliphatic carbocycles. The van der Waals surface area contributed by atoms with E-state index in [0.717, 1.165) is 44.5 Å². The largest absolute Gasteiger partial charge is 0.318 e. The second-order valence-corrected chi connectivity index (χ2v) is 10.9. The third kappa shape index (κ3) is 5.70. The van der Waals surface area contributed by atoms with Crippen molar-refractivity contribution in [3.63, 3.8) is 0 Å². The highest BCUT2D eigenvalue weighted by molar-refractivity contribution is 7.92. The first kappa shape index (κ1) is 26.9. The number of aryl methyl sites for hydroxylation is 3. The SMILES string of the molecule is CCc1ccc(N(CC(=O)N/N=C\c2cc(C)n(-c3ccccc3C)c2C)S(=O)(=O)c2ccccc2)cc1. The molecular formula is C30H32N4O3S. The fraction of sp³-hybridized carbons (Fsp3) is 0.200. The fourth-order valence-corrected chi connectivity index (χ4v) is 5.82. The molecule has 0 aliphatic heterocycles. The van der Waals surface area contributed by atoms with Gasteiger partial charge in [-0.1, -0.05) is 55.5 Å². The second-order valence-electron chi connectivity index (χ2n) is 9.09. The van der Waals surface area contributed by atoms with Crippen molar-refractivity contribution in [3.8, 4) is 5.69 Å². The molecule has 4 rings (SSSR count). The lowest BCUT2D eigenvalue weighted by Gasteiger charge is -2.24. The summed E-state index contributed by atoms with van der Waals surface area (Å²) in [6.07, 6.45) is 2.41. The number of nitrogens with zero attached hydrogens (tertiary/aromatic N) is 3. The average molecular weight is 529 g/mol. The average Bonchev–Trinajstić information content (AvgIpc) is 3.20. The standard InChI is InChI=1S/C30H32N4O3S/c1-5-25-15-17-27(18-16-25)33(38(36,37)28-12-7-6-8-13-28)21-30(35)32-31-20-26-19-23(3)34(24(26)4)29-14-10-9-11-22(29)2/h6-20H,5,21H2,1-4H3,(H,32,35)/b31-20-. The molecule has 0 radical (unpaired) electrons. The minimum absolute atomic E-state index is 0.111. The van der Waals surface area contributed by atoms with E-state index in [1.54, 1.807) is 36.5 Å². The van der Waals surface area contributed by atoms with Gasteiger partial charge in [-0.2, -0.15) is 5.10 Å². The summed E-state index contributed by atoms with van der Waals surface area (Å²) in [7, 11) is -3.97. The number of nitrogens with one attached hydrogen (secondary N) is 1. The van der Waals surface area contributed by atoms with Gasteiger partial charge >= 0.3 is 0 Å². The van der Waals surface area contributed by atoms with Crippen molar-refractivity contribution in [2.24, 2.45) is 5.10 Å². The third-order valence-corrected chi connectivity index (χ3v) is 8.26. The molecule has 1 heterocycles.